The summed E-state index contributed by atoms with van der Waals surface area (Å²) in [6, 6.07) is 1.62. The van der Waals surface area contributed by atoms with E-state index < -0.39 is 6.61 Å². The van der Waals surface area contributed by atoms with E-state index in [0.717, 1.165) is 0 Å². The summed E-state index contributed by atoms with van der Waals surface area (Å²) in [6.07, 6.45) is 1.41. The highest BCUT2D eigenvalue weighted by Crippen LogP contribution is 2.41. The van der Waals surface area contributed by atoms with E-state index in [1.807, 2.05) is 0 Å². The predicted octanol–water partition coefficient (Wildman–Crippen LogP) is 1.84. The van der Waals surface area contributed by atoms with E-state index >= 15 is 0 Å². The third-order valence-corrected chi connectivity index (χ3v) is 2.65. The molecular formula is C12H12O5. The molecule has 0 saturated heterocycles. The zero-order chi connectivity index (χ0) is 12.6. The lowest BCUT2D eigenvalue weighted by molar-refractivity contribution is 0.101. The second kappa shape index (κ2) is 4.10. The molecule has 2 N–H and O–H groups in total. The first-order valence-electron chi connectivity index (χ1n) is 5.02. The van der Waals surface area contributed by atoms with E-state index in [-0.39, 0.29) is 28.4 Å². The molecule has 0 spiro atoms. The standard InChI is InChI=1S/C12H12O5/c1-6(14)9-10(15)8(5-13)11-7(3-4-17-11)12(9)16-2/h3-4,13,15H,5H2,1-2H3. The molecule has 17 heavy (non-hydrogen) atoms. The molecule has 0 saturated carbocycles. The summed E-state index contributed by atoms with van der Waals surface area (Å²) in [5.41, 5.74) is 0.577. The summed E-state index contributed by atoms with van der Waals surface area (Å²) in [6.45, 7) is 0.908. The number of aromatic hydroxyl groups is 1. The van der Waals surface area contributed by atoms with Gasteiger partial charge in [-0.2, -0.15) is 0 Å². The Balaban J connectivity index is 2.96. The molecule has 0 unspecified atom stereocenters. The largest absolute Gasteiger partial charge is 0.507 e. The fourth-order valence-corrected chi connectivity index (χ4v) is 1.91. The van der Waals surface area contributed by atoms with E-state index in [1.54, 1.807) is 6.07 Å². The van der Waals surface area contributed by atoms with Crippen molar-refractivity contribution in [3.63, 3.8) is 0 Å². The molecule has 0 bridgehead atoms. The lowest BCUT2D eigenvalue weighted by Crippen LogP contribution is -2.01. The van der Waals surface area contributed by atoms with Gasteiger partial charge in [-0.25, -0.2) is 0 Å². The Morgan fingerprint density at radius 3 is 2.76 bits per heavy atom. The van der Waals surface area contributed by atoms with Crippen molar-refractivity contribution in [3.05, 3.63) is 23.5 Å². The number of carbonyl (C=O) groups excluding carboxylic acids is 1. The van der Waals surface area contributed by atoms with Crippen molar-refractivity contribution in [1.29, 1.82) is 0 Å². The third kappa shape index (κ3) is 1.55. The number of hydrogen-bond acceptors (Lipinski definition) is 5. The van der Waals surface area contributed by atoms with Gasteiger partial charge in [-0.1, -0.05) is 0 Å². The van der Waals surface area contributed by atoms with Gasteiger partial charge >= 0.3 is 0 Å². The molecule has 5 heteroatoms. The minimum Gasteiger partial charge on any atom is -0.507 e. The van der Waals surface area contributed by atoms with Crippen LogP contribution in [0.25, 0.3) is 11.0 Å². The Morgan fingerprint density at radius 1 is 1.53 bits per heavy atom. The first-order chi connectivity index (χ1) is 8.11. The van der Waals surface area contributed by atoms with E-state index in [0.29, 0.717) is 11.0 Å². The number of benzene rings is 1. The molecule has 0 aliphatic carbocycles. The lowest BCUT2D eigenvalue weighted by atomic mass is 10.0. The van der Waals surface area contributed by atoms with Gasteiger partial charge in [0.25, 0.3) is 0 Å². The van der Waals surface area contributed by atoms with Gasteiger partial charge in [-0.15, -0.1) is 0 Å². The molecule has 5 nitrogen and oxygen atoms in total. The molecule has 2 aromatic rings. The van der Waals surface area contributed by atoms with Gasteiger partial charge in [-0.05, 0) is 13.0 Å². The van der Waals surface area contributed by atoms with Gasteiger partial charge in [0.15, 0.2) is 5.78 Å². The molecule has 90 valence electrons. The predicted molar refractivity (Wildman–Crippen MR) is 60.4 cm³/mol. The minimum atomic E-state index is -0.417. The van der Waals surface area contributed by atoms with Crippen LogP contribution in [0.3, 0.4) is 0 Å². The number of methoxy groups -OCH3 is 1. The molecular weight excluding hydrogens is 224 g/mol. The minimum absolute atomic E-state index is 0.0606. The third-order valence-electron chi connectivity index (χ3n) is 2.65. The summed E-state index contributed by atoms with van der Waals surface area (Å²) in [5.74, 6) is -0.368. The van der Waals surface area contributed by atoms with E-state index in [9.17, 15) is 15.0 Å². The summed E-state index contributed by atoms with van der Waals surface area (Å²) in [7, 11) is 1.41. The Kier molecular flexibility index (Phi) is 2.77. The smallest absolute Gasteiger partial charge is 0.167 e. The number of ketones is 1. The lowest BCUT2D eigenvalue weighted by Gasteiger charge is -2.12. The van der Waals surface area contributed by atoms with Gasteiger partial charge in [0.1, 0.15) is 22.6 Å². The van der Waals surface area contributed by atoms with E-state index in [4.69, 9.17) is 9.15 Å². The molecule has 0 atom stereocenters. The number of ether oxygens (including phenoxy) is 1. The Bertz CT molecular complexity index is 582. The van der Waals surface area contributed by atoms with Crippen molar-refractivity contribution >= 4 is 16.8 Å². The number of rotatable bonds is 3. The number of Topliss-reactive ketones (excluding diaryl/α,β-unsaturated/α-hetero) is 1. The zero-order valence-electron chi connectivity index (χ0n) is 9.48. The van der Waals surface area contributed by atoms with Crippen molar-refractivity contribution in [3.8, 4) is 11.5 Å². The second-order valence-corrected chi connectivity index (χ2v) is 3.61. The first kappa shape index (κ1) is 11.5. The van der Waals surface area contributed by atoms with Crippen LogP contribution in [0.1, 0.15) is 22.8 Å². The molecule has 2 rings (SSSR count). The normalized spacial score (nSPS) is 10.8. The van der Waals surface area contributed by atoms with Crippen molar-refractivity contribution in [2.75, 3.05) is 7.11 Å². The van der Waals surface area contributed by atoms with Crippen LogP contribution in [0.2, 0.25) is 0 Å². The number of fused-ring (bicyclic) bond motifs is 1. The van der Waals surface area contributed by atoms with Gasteiger partial charge in [0.2, 0.25) is 0 Å². The van der Waals surface area contributed by atoms with Crippen molar-refractivity contribution in [1.82, 2.24) is 0 Å². The van der Waals surface area contributed by atoms with Crippen LogP contribution in [0.15, 0.2) is 16.7 Å². The molecule has 0 aliphatic rings. The fourth-order valence-electron chi connectivity index (χ4n) is 1.91. The molecule has 1 aromatic heterocycles. The molecule has 0 amide bonds. The van der Waals surface area contributed by atoms with Gasteiger partial charge in [0, 0.05) is 0 Å². The Hall–Kier alpha value is -2.01. The summed E-state index contributed by atoms with van der Waals surface area (Å²) < 4.78 is 10.3. The monoisotopic (exact) mass is 236 g/mol. The summed E-state index contributed by atoms with van der Waals surface area (Å²) >= 11 is 0. The van der Waals surface area contributed by atoms with Gasteiger partial charge in [-0.3, -0.25) is 4.79 Å². The van der Waals surface area contributed by atoms with Crippen LogP contribution in [0.5, 0.6) is 11.5 Å². The summed E-state index contributed by atoms with van der Waals surface area (Å²) in [5, 5.41) is 19.8. The van der Waals surface area contributed by atoms with Crippen molar-refractivity contribution in [2.45, 2.75) is 13.5 Å². The van der Waals surface area contributed by atoms with E-state index in [2.05, 4.69) is 0 Å². The number of phenols is 1. The molecule has 0 radical (unpaired) electrons. The summed E-state index contributed by atoms with van der Waals surface area (Å²) in [4.78, 5) is 11.5. The van der Waals surface area contributed by atoms with Gasteiger partial charge < -0.3 is 19.4 Å². The molecule has 1 aromatic carbocycles. The fraction of sp³-hybridized carbons (Fsp3) is 0.250. The van der Waals surface area contributed by atoms with Crippen LogP contribution in [0, 0.1) is 0 Å². The van der Waals surface area contributed by atoms with Crippen LogP contribution < -0.4 is 4.74 Å². The van der Waals surface area contributed by atoms with Crippen molar-refractivity contribution in [2.24, 2.45) is 0 Å². The van der Waals surface area contributed by atoms with Crippen LogP contribution in [-0.2, 0) is 6.61 Å². The quantitative estimate of drug-likeness (QED) is 0.795. The van der Waals surface area contributed by atoms with Crippen LogP contribution in [0.4, 0.5) is 0 Å². The highest BCUT2D eigenvalue weighted by molar-refractivity contribution is 6.06. The second-order valence-electron chi connectivity index (χ2n) is 3.61. The average molecular weight is 236 g/mol. The number of aliphatic hydroxyl groups is 1. The maximum absolute atomic E-state index is 11.5. The highest BCUT2D eigenvalue weighted by atomic mass is 16.5. The van der Waals surface area contributed by atoms with E-state index in [1.165, 1.54) is 20.3 Å². The zero-order valence-corrected chi connectivity index (χ0v) is 9.48. The first-order valence-corrected chi connectivity index (χ1v) is 5.02. The number of carbonyl (C=O) groups is 1. The number of aliphatic hydroxyl groups excluding tert-OH is 1. The highest BCUT2D eigenvalue weighted by Gasteiger charge is 2.23. The molecule has 1 heterocycles. The maximum atomic E-state index is 11.5. The van der Waals surface area contributed by atoms with Crippen LogP contribution >= 0.6 is 0 Å². The average Bonchev–Trinajstić information content (AvgIpc) is 2.75. The molecule has 0 fully saturated rings. The number of hydrogen-bond donors (Lipinski definition) is 2. The van der Waals surface area contributed by atoms with Gasteiger partial charge in [0.05, 0.1) is 30.9 Å². The van der Waals surface area contributed by atoms with Crippen molar-refractivity contribution < 1.29 is 24.2 Å². The Labute approximate surface area is 97.2 Å². The van der Waals surface area contributed by atoms with Crippen LogP contribution in [-0.4, -0.2) is 23.1 Å². The Morgan fingerprint density at radius 2 is 2.24 bits per heavy atom. The number of furan rings is 1. The topological polar surface area (TPSA) is 79.9 Å². The molecule has 0 aliphatic heterocycles. The maximum Gasteiger partial charge on any atom is 0.167 e. The SMILES string of the molecule is COc1c(C(C)=O)c(O)c(CO)c2occc12.